The minimum atomic E-state index is -3.53. The van der Waals surface area contributed by atoms with Crippen LogP contribution >= 0.6 is 23.2 Å². The Morgan fingerprint density at radius 2 is 1.95 bits per heavy atom. The van der Waals surface area contributed by atoms with Gasteiger partial charge in [-0.25, -0.2) is 22.8 Å². The Hall–Kier alpha value is -2.89. The summed E-state index contributed by atoms with van der Waals surface area (Å²) in [6, 6.07) is 6.67. The molecule has 2 aromatic heterocycles. The maximum atomic E-state index is 15.2. The average molecular weight is 582 g/mol. The van der Waals surface area contributed by atoms with Crippen molar-refractivity contribution in [3.05, 3.63) is 69.1 Å². The third kappa shape index (κ3) is 5.06. The van der Waals surface area contributed by atoms with E-state index in [0.29, 0.717) is 18.5 Å². The molecule has 202 valence electrons. The van der Waals surface area contributed by atoms with Gasteiger partial charge in [0.05, 0.1) is 17.6 Å². The molecule has 13 heteroatoms. The van der Waals surface area contributed by atoms with Gasteiger partial charge in [-0.15, -0.1) is 0 Å². The molecule has 1 amide bonds. The molecule has 0 saturated carbocycles. The van der Waals surface area contributed by atoms with Crippen LogP contribution in [0, 0.1) is 5.82 Å². The van der Waals surface area contributed by atoms with Crippen LogP contribution in [-0.4, -0.2) is 60.2 Å². The number of aryl methyl sites for hydroxylation is 1. The zero-order valence-electron chi connectivity index (χ0n) is 20.8. The Bertz CT molecular complexity index is 1510. The van der Waals surface area contributed by atoms with Gasteiger partial charge in [-0.3, -0.25) is 9.10 Å². The fourth-order valence-corrected chi connectivity index (χ4v) is 5.75. The predicted molar refractivity (Wildman–Crippen MR) is 142 cm³/mol. The lowest BCUT2D eigenvalue weighted by molar-refractivity contribution is -0.135. The minimum absolute atomic E-state index is 0.0862. The van der Waals surface area contributed by atoms with Crippen molar-refractivity contribution < 1.29 is 22.3 Å². The largest absolute Gasteiger partial charge is 0.481 e. The summed E-state index contributed by atoms with van der Waals surface area (Å²) in [5, 5.41) is 0.183. The van der Waals surface area contributed by atoms with Crippen LogP contribution in [0.4, 0.5) is 10.2 Å². The van der Waals surface area contributed by atoms with Gasteiger partial charge in [0.2, 0.25) is 10.0 Å². The number of carbonyl (C=O) groups excluding carboxylic acids is 1. The van der Waals surface area contributed by atoms with Crippen molar-refractivity contribution >= 4 is 45.0 Å². The molecule has 0 spiro atoms. The third-order valence-corrected chi connectivity index (χ3v) is 8.59. The number of amides is 1. The quantitative estimate of drug-likeness (QED) is 0.408. The number of pyridine rings is 1. The molecule has 1 unspecified atom stereocenters. The fraction of sp³-hybridized carbons (Fsp3) is 0.400. The number of halogens is 3. The van der Waals surface area contributed by atoms with E-state index in [1.165, 1.54) is 25.2 Å². The summed E-state index contributed by atoms with van der Waals surface area (Å²) in [5.74, 6) is 0.332. The second-order valence-corrected chi connectivity index (χ2v) is 12.2. The van der Waals surface area contributed by atoms with E-state index in [9.17, 15) is 13.2 Å². The second-order valence-electron chi connectivity index (χ2n) is 9.35. The SMILES string of the molecule is CN(c1ccc(OCC(=O)N2CCc3nc4n(c3C2c2ccc(Cl)cc2F)CCCC4)c(Cl)n1)S(C)(=O)=O. The van der Waals surface area contributed by atoms with Crippen molar-refractivity contribution in [2.75, 3.05) is 30.8 Å². The van der Waals surface area contributed by atoms with Crippen molar-refractivity contribution in [3.8, 4) is 5.75 Å². The molecule has 3 aromatic rings. The lowest BCUT2D eigenvalue weighted by Gasteiger charge is -2.37. The Morgan fingerprint density at radius 3 is 2.66 bits per heavy atom. The summed E-state index contributed by atoms with van der Waals surface area (Å²) in [6.07, 6.45) is 4.46. The first kappa shape index (κ1) is 26.7. The van der Waals surface area contributed by atoms with Crippen LogP contribution < -0.4 is 9.04 Å². The van der Waals surface area contributed by atoms with Crippen LogP contribution in [0.25, 0.3) is 0 Å². The maximum Gasteiger partial charge on any atom is 0.261 e. The van der Waals surface area contributed by atoms with Gasteiger partial charge in [0, 0.05) is 43.6 Å². The summed E-state index contributed by atoms with van der Waals surface area (Å²) in [4.78, 5) is 24.0. The van der Waals surface area contributed by atoms with Crippen LogP contribution in [-0.2, 0) is 34.2 Å². The van der Waals surface area contributed by atoms with Crippen molar-refractivity contribution in [2.45, 2.75) is 38.3 Å². The number of anilines is 1. The normalized spacial score (nSPS) is 17.1. The Balaban J connectivity index is 1.43. The van der Waals surface area contributed by atoms with E-state index < -0.39 is 21.9 Å². The Kier molecular flexibility index (Phi) is 7.27. The predicted octanol–water partition coefficient (Wildman–Crippen LogP) is 4.01. The molecule has 0 bridgehead atoms. The highest BCUT2D eigenvalue weighted by atomic mass is 35.5. The van der Waals surface area contributed by atoms with Crippen LogP contribution in [0.3, 0.4) is 0 Å². The van der Waals surface area contributed by atoms with Gasteiger partial charge in [0.25, 0.3) is 5.91 Å². The number of sulfonamides is 1. The lowest BCUT2D eigenvalue weighted by atomic mass is 9.94. The van der Waals surface area contributed by atoms with Crippen LogP contribution in [0.1, 0.15) is 41.7 Å². The molecule has 4 heterocycles. The molecular weight excluding hydrogens is 556 g/mol. The molecule has 0 saturated heterocycles. The smallest absolute Gasteiger partial charge is 0.261 e. The molecule has 1 atom stereocenters. The number of imidazole rings is 1. The zero-order valence-corrected chi connectivity index (χ0v) is 23.2. The molecule has 0 aliphatic carbocycles. The number of rotatable bonds is 6. The topological polar surface area (TPSA) is 97.6 Å². The van der Waals surface area contributed by atoms with E-state index in [0.717, 1.165) is 53.6 Å². The first-order valence-electron chi connectivity index (χ1n) is 12.1. The molecule has 2 aliphatic rings. The standard InChI is InChI=1S/C25H26Cl2FN5O4S/c1-31(38(2,35)36)20-9-8-19(25(27)30-20)37-14-22(34)33-12-10-18-24(32-11-4-3-5-21(32)29-18)23(33)16-7-6-15(26)13-17(16)28/h6-9,13,23H,3-5,10-12,14H2,1-2H3. The average Bonchev–Trinajstić information content (AvgIpc) is 3.25. The van der Waals surface area contributed by atoms with Crippen molar-refractivity contribution in [3.63, 3.8) is 0 Å². The first-order valence-corrected chi connectivity index (χ1v) is 14.7. The van der Waals surface area contributed by atoms with Gasteiger partial charge < -0.3 is 14.2 Å². The summed E-state index contributed by atoms with van der Waals surface area (Å²) in [6.45, 7) is 0.727. The molecule has 0 radical (unpaired) electrons. The van der Waals surface area contributed by atoms with E-state index >= 15 is 4.39 Å². The molecule has 5 rings (SSSR count). The van der Waals surface area contributed by atoms with Gasteiger partial charge >= 0.3 is 0 Å². The number of hydrogen-bond donors (Lipinski definition) is 0. The number of hydrogen-bond acceptors (Lipinski definition) is 6. The molecule has 0 N–H and O–H groups in total. The van der Waals surface area contributed by atoms with Gasteiger partial charge in [-0.1, -0.05) is 29.3 Å². The minimum Gasteiger partial charge on any atom is -0.481 e. The summed E-state index contributed by atoms with van der Waals surface area (Å²) >= 11 is 12.3. The first-order chi connectivity index (χ1) is 18.0. The number of carbonyl (C=O) groups is 1. The van der Waals surface area contributed by atoms with Crippen molar-refractivity contribution in [1.82, 2.24) is 19.4 Å². The van der Waals surface area contributed by atoms with E-state index in [2.05, 4.69) is 9.55 Å². The number of aromatic nitrogens is 3. The number of fused-ring (bicyclic) bond motifs is 3. The van der Waals surface area contributed by atoms with Crippen molar-refractivity contribution in [1.29, 1.82) is 0 Å². The number of nitrogens with zero attached hydrogens (tertiary/aromatic N) is 5. The van der Waals surface area contributed by atoms with Crippen LogP contribution in [0.2, 0.25) is 10.2 Å². The molecule has 0 fully saturated rings. The van der Waals surface area contributed by atoms with Crippen molar-refractivity contribution in [2.24, 2.45) is 0 Å². The molecule has 9 nitrogen and oxygen atoms in total. The summed E-state index contributed by atoms with van der Waals surface area (Å²) < 4.78 is 47.6. The third-order valence-electron chi connectivity index (χ3n) is 6.90. The van der Waals surface area contributed by atoms with Crippen LogP contribution in [0.5, 0.6) is 5.75 Å². The summed E-state index contributed by atoms with van der Waals surface area (Å²) in [5.41, 5.74) is 2.04. The lowest BCUT2D eigenvalue weighted by Crippen LogP contribution is -2.44. The second kappa shape index (κ2) is 10.3. The number of ether oxygens (including phenoxy) is 1. The van der Waals surface area contributed by atoms with E-state index in [1.807, 2.05) is 0 Å². The fourth-order valence-electron chi connectivity index (χ4n) is 4.95. The number of benzene rings is 1. The Labute approximate surface area is 230 Å². The van der Waals surface area contributed by atoms with Gasteiger partial charge in [-0.05, 0) is 37.1 Å². The molecule has 2 aliphatic heterocycles. The van der Waals surface area contributed by atoms with E-state index in [1.54, 1.807) is 17.0 Å². The Morgan fingerprint density at radius 1 is 1.16 bits per heavy atom. The highest BCUT2D eigenvalue weighted by molar-refractivity contribution is 7.92. The molecule has 1 aromatic carbocycles. The maximum absolute atomic E-state index is 15.2. The van der Waals surface area contributed by atoms with Crippen LogP contribution in [0.15, 0.2) is 30.3 Å². The highest BCUT2D eigenvalue weighted by Gasteiger charge is 2.38. The zero-order chi connectivity index (χ0) is 27.2. The van der Waals surface area contributed by atoms with E-state index in [-0.39, 0.29) is 34.3 Å². The van der Waals surface area contributed by atoms with Gasteiger partial charge in [-0.2, -0.15) is 0 Å². The molecular formula is C25H26Cl2FN5O4S. The molecule has 38 heavy (non-hydrogen) atoms. The summed E-state index contributed by atoms with van der Waals surface area (Å²) in [7, 11) is -2.17. The van der Waals surface area contributed by atoms with Gasteiger partial charge in [0.15, 0.2) is 17.5 Å². The highest BCUT2D eigenvalue weighted by Crippen LogP contribution is 2.39. The van der Waals surface area contributed by atoms with E-state index in [4.69, 9.17) is 32.9 Å². The van der Waals surface area contributed by atoms with Gasteiger partial charge in [0.1, 0.15) is 23.5 Å². The monoisotopic (exact) mass is 581 g/mol.